The maximum Gasteiger partial charge on any atom is 0.251 e. The molecular weight excluding hydrogens is 292 g/mol. The Balaban J connectivity index is 2.72. The van der Waals surface area contributed by atoms with E-state index in [9.17, 15) is 4.79 Å². The van der Waals surface area contributed by atoms with Crippen molar-refractivity contribution in [2.45, 2.75) is 26.3 Å². The summed E-state index contributed by atoms with van der Waals surface area (Å²) in [6.07, 6.45) is 0.926. The van der Waals surface area contributed by atoms with Gasteiger partial charge in [-0.3, -0.25) is 4.79 Å². The number of carbonyl (C=O) groups is 1. The van der Waals surface area contributed by atoms with Gasteiger partial charge >= 0.3 is 0 Å². The summed E-state index contributed by atoms with van der Waals surface area (Å²) < 4.78 is 0. The van der Waals surface area contributed by atoms with Crippen molar-refractivity contribution in [3.05, 3.63) is 35.4 Å². The van der Waals surface area contributed by atoms with Crippen molar-refractivity contribution in [1.29, 1.82) is 5.26 Å². The lowest BCUT2D eigenvalue weighted by Crippen LogP contribution is -2.37. The SMILES string of the molecule is CC(C)CC(CBr)NC(=O)c1cccc(C#N)c1. The normalized spacial score (nSPS) is 11.9. The maximum atomic E-state index is 12.0. The largest absolute Gasteiger partial charge is 0.348 e. The van der Waals surface area contributed by atoms with E-state index in [0.717, 1.165) is 11.8 Å². The Morgan fingerprint density at radius 2 is 2.22 bits per heavy atom. The second-order valence-electron chi connectivity index (χ2n) is 4.65. The lowest BCUT2D eigenvalue weighted by atomic mass is 10.0. The second-order valence-corrected chi connectivity index (χ2v) is 5.29. The van der Waals surface area contributed by atoms with E-state index in [-0.39, 0.29) is 11.9 Å². The number of hydrogen-bond donors (Lipinski definition) is 1. The van der Waals surface area contributed by atoms with Crippen LogP contribution in [0.15, 0.2) is 24.3 Å². The first-order valence-corrected chi connectivity index (χ1v) is 7.06. The highest BCUT2D eigenvalue weighted by Gasteiger charge is 2.14. The zero-order valence-electron chi connectivity index (χ0n) is 10.6. The van der Waals surface area contributed by atoms with Crippen LogP contribution >= 0.6 is 15.9 Å². The van der Waals surface area contributed by atoms with E-state index >= 15 is 0 Å². The molecule has 1 unspecified atom stereocenters. The zero-order valence-corrected chi connectivity index (χ0v) is 12.2. The van der Waals surface area contributed by atoms with Crippen molar-refractivity contribution < 1.29 is 4.79 Å². The summed E-state index contributed by atoms with van der Waals surface area (Å²) in [7, 11) is 0. The number of rotatable bonds is 5. The Hall–Kier alpha value is -1.34. The Morgan fingerprint density at radius 3 is 2.78 bits per heavy atom. The summed E-state index contributed by atoms with van der Waals surface area (Å²) in [6.45, 7) is 4.25. The number of halogens is 1. The van der Waals surface area contributed by atoms with Crippen LogP contribution in [0.5, 0.6) is 0 Å². The second kappa shape index (κ2) is 7.17. The van der Waals surface area contributed by atoms with Gasteiger partial charge in [0.05, 0.1) is 11.6 Å². The number of nitrogens with one attached hydrogen (secondary N) is 1. The molecule has 0 aliphatic rings. The number of hydrogen-bond acceptors (Lipinski definition) is 2. The predicted molar refractivity (Wildman–Crippen MR) is 75.7 cm³/mol. The quantitative estimate of drug-likeness (QED) is 0.850. The molecule has 0 saturated heterocycles. The molecule has 0 fully saturated rings. The van der Waals surface area contributed by atoms with Gasteiger partial charge in [0, 0.05) is 16.9 Å². The molecule has 1 amide bonds. The van der Waals surface area contributed by atoms with Crippen LogP contribution in [0.25, 0.3) is 0 Å². The summed E-state index contributed by atoms with van der Waals surface area (Å²) >= 11 is 3.41. The molecule has 3 nitrogen and oxygen atoms in total. The molecule has 4 heteroatoms. The number of nitrogens with zero attached hydrogens (tertiary/aromatic N) is 1. The van der Waals surface area contributed by atoms with Crippen LogP contribution in [0.3, 0.4) is 0 Å². The van der Waals surface area contributed by atoms with Crippen molar-refractivity contribution in [3.8, 4) is 6.07 Å². The molecule has 0 aliphatic carbocycles. The monoisotopic (exact) mass is 308 g/mol. The number of nitriles is 1. The lowest BCUT2D eigenvalue weighted by Gasteiger charge is -2.18. The molecule has 0 spiro atoms. The molecule has 96 valence electrons. The molecule has 0 aliphatic heterocycles. The third-order valence-electron chi connectivity index (χ3n) is 2.53. The topological polar surface area (TPSA) is 52.9 Å². The van der Waals surface area contributed by atoms with Gasteiger partial charge < -0.3 is 5.32 Å². The highest BCUT2D eigenvalue weighted by Crippen LogP contribution is 2.09. The van der Waals surface area contributed by atoms with Crippen molar-refractivity contribution in [2.24, 2.45) is 5.92 Å². The highest BCUT2D eigenvalue weighted by molar-refractivity contribution is 9.09. The van der Waals surface area contributed by atoms with Gasteiger partial charge in [0.2, 0.25) is 0 Å². The van der Waals surface area contributed by atoms with E-state index in [2.05, 4.69) is 35.1 Å². The Labute approximate surface area is 116 Å². The molecule has 1 aromatic carbocycles. The van der Waals surface area contributed by atoms with Gasteiger partial charge in [-0.25, -0.2) is 0 Å². The fourth-order valence-corrected chi connectivity index (χ4v) is 2.15. The Bertz CT molecular complexity index is 451. The van der Waals surface area contributed by atoms with E-state index in [1.54, 1.807) is 24.3 Å². The standard InChI is InChI=1S/C14H17BrN2O/c1-10(2)6-13(8-15)17-14(18)12-5-3-4-11(7-12)9-16/h3-5,7,10,13H,6,8H2,1-2H3,(H,17,18). The molecule has 0 heterocycles. The summed E-state index contributed by atoms with van der Waals surface area (Å²) in [4.78, 5) is 12.0. The minimum absolute atomic E-state index is 0.114. The van der Waals surface area contributed by atoms with Gasteiger partial charge in [0.25, 0.3) is 5.91 Å². The smallest absolute Gasteiger partial charge is 0.251 e. The van der Waals surface area contributed by atoms with Gasteiger partial charge in [-0.15, -0.1) is 0 Å². The Morgan fingerprint density at radius 1 is 1.50 bits per heavy atom. The molecule has 0 bridgehead atoms. The number of benzene rings is 1. The van der Waals surface area contributed by atoms with E-state index in [0.29, 0.717) is 17.0 Å². The Kier molecular flexibility index (Phi) is 5.87. The zero-order chi connectivity index (χ0) is 13.5. The summed E-state index contributed by atoms with van der Waals surface area (Å²) in [5.41, 5.74) is 1.03. The summed E-state index contributed by atoms with van der Waals surface area (Å²) in [6, 6.07) is 8.88. The van der Waals surface area contributed by atoms with Crippen LogP contribution in [0.2, 0.25) is 0 Å². The molecule has 1 rings (SSSR count). The van der Waals surface area contributed by atoms with Gasteiger partial charge in [-0.05, 0) is 30.5 Å². The van der Waals surface area contributed by atoms with E-state index in [4.69, 9.17) is 5.26 Å². The molecule has 1 atom stereocenters. The lowest BCUT2D eigenvalue weighted by molar-refractivity contribution is 0.0937. The molecule has 1 N–H and O–H groups in total. The van der Waals surface area contributed by atoms with Crippen molar-refractivity contribution >= 4 is 21.8 Å². The summed E-state index contributed by atoms with van der Waals surface area (Å²) in [5.74, 6) is 0.399. The van der Waals surface area contributed by atoms with Gasteiger partial charge in [0.15, 0.2) is 0 Å². The molecular formula is C14H17BrN2O. The minimum atomic E-state index is -0.128. The van der Waals surface area contributed by atoms with Gasteiger partial charge in [-0.1, -0.05) is 35.8 Å². The first-order valence-electron chi connectivity index (χ1n) is 5.93. The molecule has 18 heavy (non-hydrogen) atoms. The fourth-order valence-electron chi connectivity index (χ4n) is 1.73. The van der Waals surface area contributed by atoms with E-state index < -0.39 is 0 Å². The number of carbonyl (C=O) groups excluding carboxylic acids is 1. The van der Waals surface area contributed by atoms with Crippen molar-refractivity contribution in [1.82, 2.24) is 5.32 Å². The van der Waals surface area contributed by atoms with Crippen LogP contribution < -0.4 is 5.32 Å². The first-order chi connectivity index (χ1) is 8.56. The average Bonchev–Trinajstić information content (AvgIpc) is 2.37. The highest BCUT2D eigenvalue weighted by atomic mass is 79.9. The predicted octanol–water partition coefficient (Wildman–Crippen LogP) is 3.10. The van der Waals surface area contributed by atoms with Crippen molar-refractivity contribution in [3.63, 3.8) is 0 Å². The number of alkyl halides is 1. The minimum Gasteiger partial charge on any atom is -0.348 e. The molecule has 0 saturated carbocycles. The van der Waals surface area contributed by atoms with Crippen LogP contribution in [-0.4, -0.2) is 17.3 Å². The number of amides is 1. The third kappa shape index (κ3) is 4.50. The van der Waals surface area contributed by atoms with E-state index in [1.165, 1.54) is 0 Å². The maximum absolute atomic E-state index is 12.0. The fraction of sp³-hybridized carbons (Fsp3) is 0.429. The van der Waals surface area contributed by atoms with Gasteiger partial charge in [0.1, 0.15) is 0 Å². The first kappa shape index (κ1) is 14.7. The van der Waals surface area contributed by atoms with Crippen LogP contribution in [0.4, 0.5) is 0 Å². The van der Waals surface area contributed by atoms with E-state index in [1.807, 2.05) is 6.07 Å². The summed E-state index contributed by atoms with van der Waals surface area (Å²) in [5, 5.41) is 12.5. The van der Waals surface area contributed by atoms with Crippen LogP contribution in [-0.2, 0) is 0 Å². The van der Waals surface area contributed by atoms with Crippen LogP contribution in [0.1, 0.15) is 36.2 Å². The van der Waals surface area contributed by atoms with Crippen molar-refractivity contribution in [2.75, 3.05) is 5.33 Å². The molecule has 0 radical (unpaired) electrons. The third-order valence-corrected chi connectivity index (χ3v) is 3.31. The van der Waals surface area contributed by atoms with Gasteiger partial charge in [-0.2, -0.15) is 5.26 Å². The van der Waals surface area contributed by atoms with Crippen LogP contribution in [0, 0.1) is 17.2 Å². The average molecular weight is 309 g/mol. The molecule has 1 aromatic rings. The molecule has 0 aromatic heterocycles.